The summed E-state index contributed by atoms with van der Waals surface area (Å²) in [6, 6.07) is 10.6. The normalized spacial score (nSPS) is 14.8. The van der Waals surface area contributed by atoms with Crippen molar-refractivity contribution in [3.05, 3.63) is 41.6 Å². The Morgan fingerprint density at radius 1 is 1.17 bits per heavy atom. The van der Waals surface area contributed by atoms with Gasteiger partial charge in [-0.15, -0.1) is 0 Å². The number of hydrogen-bond acceptors (Lipinski definition) is 5. The lowest BCUT2D eigenvalue weighted by atomic mass is 10.1. The quantitative estimate of drug-likeness (QED) is 0.785. The first-order chi connectivity index (χ1) is 11.9. The van der Waals surface area contributed by atoms with Gasteiger partial charge in [-0.25, -0.2) is 4.98 Å². The predicted octanol–water partition coefficient (Wildman–Crippen LogP) is 3.98. The number of aromatic nitrogens is 1. The van der Waals surface area contributed by atoms with Gasteiger partial charge in [0.05, 0.1) is 18.9 Å². The fourth-order valence-corrected chi connectivity index (χ4v) is 3.99. The number of nitrogens with one attached hydrogen (secondary N) is 1. The molecule has 0 radical (unpaired) electrons. The van der Waals surface area contributed by atoms with Crippen LogP contribution in [0.5, 0.6) is 0 Å². The van der Waals surface area contributed by atoms with Gasteiger partial charge in [0, 0.05) is 19.6 Å². The number of benzene rings is 1. The highest BCUT2D eigenvalue weighted by Gasteiger charge is 2.19. The average Bonchev–Trinajstić information content (AvgIpc) is 3.05. The van der Waals surface area contributed by atoms with Crippen LogP contribution in [0.3, 0.4) is 0 Å². The summed E-state index contributed by atoms with van der Waals surface area (Å²) in [5.41, 5.74) is 2.62. The van der Waals surface area contributed by atoms with E-state index in [1.54, 1.807) is 11.3 Å². The highest BCUT2D eigenvalue weighted by Crippen LogP contribution is 2.33. The van der Waals surface area contributed by atoms with Gasteiger partial charge in [0.25, 0.3) is 0 Å². The molecule has 4 nitrogen and oxygen atoms in total. The monoisotopic (exact) mass is 345 g/mol. The van der Waals surface area contributed by atoms with Crippen molar-refractivity contribution >= 4 is 21.5 Å². The van der Waals surface area contributed by atoms with Gasteiger partial charge >= 0.3 is 0 Å². The minimum atomic E-state index is 0.821. The Labute approximate surface area is 148 Å². The standard InChI is InChI=1S/C19H27N3OS/c1-2-3-9-17-18(22-12-14-23-15-13-22)24-19(21-17)20-11-10-16-7-5-4-6-8-16/h4-8H,2-3,9-15H2,1H3,(H,20,21). The SMILES string of the molecule is CCCCc1nc(NCCc2ccccc2)sc1N1CCOCC1. The number of morpholine rings is 1. The molecule has 130 valence electrons. The van der Waals surface area contributed by atoms with Crippen LogP contribution in [0.15, 0.2) is 30.3 Å². The second kappa shape index (κ2) is 9.04. The molecule has 0 spiro atoms. The summed E-state index contributed by atoms with van der Waals surface area (Å²) in [6.07, 6.45) is 4.50. The third-order valence-electron chi connectivity index (χ3n) is 4.27. The molecule has 0 aliphatic carbocycles. The van der Waals surface area contributed by atoms with Crippen LogP contribution in [-0.4, -0.2) is 37.8 Å². The lowest BCUT2D eigenvalue weighted by Crippen LogP contribution is -2.36. The molecule has 1 aromatic heterocycles. The van der Waals surface area contributed by atoms with Gasteiger partial charge in [0.2, 0.25) is 0 Å². The van der Waals surface area contributed by atoms with Crippen LogP contribution in [0, 0.1) is 0 Å². The first-order valence-corrected chi connectivity index (χ1v) is 9.78. The van der Waals surface area contributed by atoms with Gasteiger partial charge in [0.1, 0.15) is 5.00 Å². The first-order valence-electron chi connectivity index (χ1n) is 8.97. The minimum Gasteiger partial charge on any atom is -0.378 e. The smallest absolute Gasteiger partial charge is 0.184 e. The van der Waals surface area contributed by atoms with E-state index in [4.69, 9.17) is 9.72 Å². The summed E-state index contributed by atoms with van der Waals surface area (Å²) < 4.78 is 5.49. The van der Waals surface area contributed by atoms with Crippen LogP contribution in [-0.2, 0) is 17.6 Å². The Morgan fingerprint density at radius 2 is 1.96 bits per heavy atom. The Hall–Kier alpha value is -1.59. The molecule has 2 aromatic rings. The largest absolute Gasteiger partial charge is 0.378 e. The maximum absolute atomic E-state index is 5.49. The molecular weight excluding hydrogens is 318 g/mol. The summed E-state index contributed by atoms with van der Waals surface area (Å²) >= 11 is 1.80. The van der Waals surface area contributed by atoms with E-state index in [1.807, 2.05) is 0 Å². The molecule has 3 rings (SSSR count). The number of hydrogen-bond donors (Lipinski definition) is 1. The molecule has 24 heavy (non-hydrogen) atoms. The molecule has 0 bridgehead atoms. The fourth-order valence-electron chi connectivity index (χ4n) is 2.90. The molecule has 1 aromatic carbocycles. The van der Waals surface area contributed by atoms with Gasteiger partial charge in [-0.05, 0) is 24.8 Å². The summed E-state index contributed by atoms with van der Waals surface area (Å²) in [7, 11) is 0. The van der Waals surface area contributed by atoms with Crippen molar-refractivity contribution in [1.82, 2.24) is 4.98 Å². The van der Waals surface area contributed by atoms with Gasteiger partial charge in [-0.2, -0.15) is 0 Å². The zero-order valence-electron chi connectivity index (χ0n) is 14.5. The molecular formula is C19H27N3OS. The number of rotatable bonds is 8. The van der Waals surface area contributed by atoms with Crippen LogP contribution in [0.25, 0.3) is 0 Å². The van der Waals surface area contributed by atoms with E-state index in [0.29, 0.717) is 0 Å². The Bertz CT molecular complexity index is 608. The van der Waals surface area contributed by atoms with Crippen molar-refractivity contribution in [3.63, 3.8) is 0 Å². The van der Waals surface area contributed by atoms with Crippen molar-refractivity contribution in [1.29, 1.82) is 0 Å². The van der Waals surface area contributed by atoms with Crippen molar-refractivity contribution < 1.29 is 4.74 Å². The van der Waals surface area contributed by atoms with E-state index >= 15 is 0 Å². The topological polar surface area (TPSA) is 37.4 Å². The third kappa shape index (κ3) is 4.71. The van der Waals surface area contributed by atoms with E-state index in [2.05, 4.69) is 47.5 Å². The number of nitrogens with zero attached hydrogens (tertiary/aromatic N) is 2. The second-order valence-corrected chi connectivity index (χ2v) is 7.11. The van der Waals surface area contributed by atoms with Crippen LogP contribution in [0.1, 0.15) is 31.0 Å². The Balaban J connectivity index is 1.63. The van der Waals surface area contributed by atoms with Crippen LogP contribution >= 0.6 is 11.3 Å². The summed E-state index contributed by atoms with van der Waals surface area (Å²) in [6.45, 7) is 6.76. The van der Waals surface area contributed by atoms with Crippen molar-refractivity contribution in [2.45, 2.75) is 32.6 Å². The van der Waals surface area contributed by atoms with E-state index in [1.165, 1.54) is 29.1 Å². The van der Waals surface area contributed by atoms with E-state index < -0.39 is 0 Å². The molecule has 1 aliphatic heterocycles. The van der Waals surface area contributed by atoms with Crippen molar-refractivity contribution in [2.75, 3.05) is 43.1 Å². The van der Waals surface area contributed by atoms with Gasteiger partial charge in [-0.1, -0.05) is 55.0 Å². The minimum absolute atomic E-state index is 0.821. The summed E-state index contributed by atoms with van der Waals surface area (Å²) in [5.74, 6) is 0. The number of ether oxygens (including phenoxy) is 1. The number of thiazole rings is 1. The number of unbranched alkanes of at least 4 members (excludes halogenated alkanes) is 1. The van der Waals surface area contributed by atoms with Gasteiger partial charge < -0.3 is 15.0 Å². The molecule has 2 heterocycles. The lowest BCUT2D eigenvalue weighted by molar-refractivity contribution is 0.123. The third-order valence-corrected chi connectivity index (χ3v) is 5.39. The van der Waals surface area contributed by atoms with Crippen molar-refractivity contribution in [3.8, 4) is 0 Å². The van der Waals surface area contributed by atoms with Crippen molar-refractivity contribution in [2.24, 2.45) is 0 Å². The molecule has 0 amide bonds. The van der Waals surface area contributed by atoms with Crippen LogP contribution in [0.2, 0.25) is 0 Å². The molecule has 0 atom stereocenters. The van der Waals surface area contributed by atoms with E-state index in [-0.39, 0.29) is 0 Å². The van der Waals surface area contributed by atoms with Gasteiger partial charge in [-0.3, -0.25) is 0 Å². The summed E-state index contributed by atoms with van der Waals surface area (Å²) in [4.78, 5) is 7.32. The average molecular weight is 346 g/mol. The second-order valence-electron chi connectivity index (χ2n) is 6.14. The molecule has 1 saturated heterocycles. The van der Waals surface area contributed by atoms with Crippen LogP contribution < -0.4 is 10.2 Å². The van der Waals surface area contributed by atoms with Crippen LogP contribution in [0.4, 0.5) is 10.1 Å². The highest BCUT2D eigenvalue weighted by atomic mass is 32.1. The molecule has 1 N–H and O–H groups in total. The van der Waals surface area contributed by atoms with Gasteiger partial charge in [0.15, 0.2) is 5.13 Å². The maximum Gasteiger partial charge on any atom is 0.184 e. The highest BCUT2D eigenvalue weighted by molar-refractivity contribution is 7.19. The molecule has 0 saturated carbocycles. The number of aryl methyl sites for hydroxylation is 1. The molecule has 1 aliphatic rings. The maximum atomic E-state index is 5.49. The molecule has 5 heteroatoms. The van der Waals surface area contributed by atoms with E-state index in [0.717, 1.165) is 50.8 Å². The van der Waals surface area contributed by atoms with E-state index in [9.17, 15) is 0 Å². The summed E-state index contributed by atoms with van der Waals surface area (Å²) in [5, 5.41) is 5.91. The first kappa shape index (κ1) is 17.2. The zero-order chi connectivity index (χ0) is 16.6. The lowest BCUT2D eigenvalue weighted by Gasteiger charge is -2.28. The zero-order valence-corrected chi connectivity index (χ0v) is 15.3. The Morgan fingerprint density at radius 3 is 2.71 bits per heavy atom. The fraction of sp³-hybridized carbons (Fsp3) is 0.526. The molecule has 1 fully saturated rings. The number of anilines is 2. The molecule has 0 unspecified atom stereocenters. The predicted molar refractivity (Wildman–Crippen MR) is 102 cm³/mol. The Kier molecular flexibility index (Phi) is 6.49.